The average molecular weight is 488 g/mol. The molecule has 164 valence electrons. The predicted octanol–water partition coefficient (Wildman–Crippen LogP) is 4.83. The number of ether oxygens (including phenoxy) is 1. The van der Waals surface area contributed by atoms with Crippen LogP contribution in [0, 0.1) is 0 Å². The monoisotopic (exact) mass is 487 g/mol. The molecule has 0 saturated carbocycles. The summed E-state index contributed by atoms with van der Waals surface area (Å²) >= 11 is 3.17. The molecule has 1 aliphatic heterocycles. The summed E-state index contributed by atoms with van der Waals surface area (Å²) in [6, 6.07) is 4.79. The molecule has 3 rings (SSSR count). The van der Waals surface area contributed by atoms with Gasteiger partial charge in [0.15, 0.2) is 5.49 Å². The Hall–Kier alpha value is -1.87. The number of hydrogen-bond acceptors (Lipinski definition) is 2. The van der Waals surface area contributed by atoms with Crippen molar-refractivity contribution in [1.82, 2.24) is 9.36 Å². The lowest BCUT2D eigenvalue weighted by Crippen LogP contribution is -2.30. The van der Waals surface area contributed by atoms with E-state index < -0.39 is 17.6 Å². The Morgan fingerprint density at radius 1 is 1.27 bits per heavy atom. The van der Waals surface area contributed by atoms with Crippen LogP contribution in [0.2, 0.25) is 0 Å². The SMILES string of the molecule is Cn1c(C(C)(C)C)cc(=NC(=O)c2cc(C(F)(F)F)ccc2Br)n1C[C@H]1CCCO1. The second-order valence-corrected chi connectivity index (χ2v) is 9.34. The van der Waals surface area contributed by atoms with Crippen molar-refractivity contribution in [3.63, 3.8) is 0 Å². The van der Waals surface area contributed by atoms with Gasteiger partial charge in [0.25, 0.3) is 5.91 Å². The molecule has 1 aliphatic rings. The molecular weight excluding hydrogens is 463 g/mol. The summed E-state index contributed by atoms with van der Waals surface area (Å²) in [6.45, 7) is 7.36. The predicted molar refractivity (Wildman–Crippen MR) is 110 cm³/mol. The lowest BCUT2D eigenvalue weighted by Gasteiger charge is -2.21. The third kappa shape index (κ3) is 4.88. The van der Waals surface area contributed by atoms with Crippen molar-refractivity contribution in [2.24, 2.45) is 12.0 Å². The van der Waals surface area contributed by atoms with Crippen molar-refractivity contribution in [2.75, 3.05) is 6.61 Å². The van der Waals surface area contributed by atoms with E-state index in [-0.39, 0.29) is 21.6 Å². The fourth-order valence-corrected chi connectivity index (χ4v) is 4.01. The Morgan fingerprint density at radius 3 is 2.53 bits per heavy atom. The van der Waals surface area contributed by atoms with Gasteiger partial charge >= 0.3 is 6.18 Å². The maximum atomic E-state index is 13.1. The van der Waals surface area contributed by atoms with E-state index in [4.69, 9.17) is 4.74 Å². The highest BCUT2D eigenvalue weighted by atomic mass is 79.9. The third-order valence-electron chi connectivity index (χ3n) is 5.15. The van der Waals surface area contributed by atoms with E-state index in [1.807, 2.05) is 43.2 Å². The van der Waals surface area contributed by atoms with E-state index >= 15 is 0 Å². The average Bonchev–Trinajstić information content (AvgIpc) is 3.24. The van der Waals surface area contributed by atoms with E-state index in [2.05, 4.69) is 20.9 Å². The minimum Gasteiger partial charge on any atom is -0.376 e. The molecule has 0 N–H and O–H groups in total. The number of amides is 1. The number of carbonyl (C=O) groups is 1. The van der Waals surface area contributed by atoms with Crippen molar-refractivity contribution >= 4 is 21.8 Å². The molecule has 30 heavy (non-hydrogen) atoms. The van der Waals surface area contributed by atoms with Crippen LogP contribution in [0.25, 0.3) is 0 Å². The van der Waals surface area contributed by atoms with Gasteiger partial charge in [0.1, 0.15) is 0 Å². The number of carbonyl (C=O) groups excluding carboxylic acids is 1. The summed E-state index contributed by atoms with van der Waals surface area (Å²) in [4.78, 5) is 17.1. The van der Waals surface area contributed by atoms with Crippen molar-refractivity contribution in [2.45, 2.75) is 57.9 Å². The minimum absolute atomic E-state index is 0.0146. The molecule has 1 amide bonds. The molecule has 1 fully saturated rings. The normalized spacial score (nSPS) is 18.3. The summed E-state index contributed by atoms with van der Waals surface area (Å²) in [7, 11) is 1.89. The zero-order chi connectivity index (χ0) is 22.3. The quantitative estimate of drug-likeness (QED) is 0.622. The molecule has 1 aromatic heterocycles. The van der Waals surface area contributed by atoms with E-state index in [1.54, 1.807) is 0 Å². The van der Waals surface area contributed by atoms with Crippen LogP contribution in [0.1, 0.15) is 55.2 Å². The summed E-state index contributed by atoms with van der Waals surface area (Å²) in [5, 5.41) is 0. The number of hydrogen-bond donors (Lipinski definition) is 0. The van der Waals surface area contributed by atoms with Crippen LogP contribution >= 0.6 is 15.9 Å². The highest BCUT2D eigenvalue weighted by Crippen LogP contribution is 2.32. The molecule has 1 atom stereocenters. The van der Waals surface area contributed by atoms with Gasteiger partial charge in [-0.15, -0.1) is 0 Å². The topological polar surface area (TPSA) is 48.5 Å². The van der Waals surface area contributed by atoms with Gasteiger partial charge in [-0.3, -0.25) is 14.2 Å². The molecule has 0 radical (unpaired) electrons. The molecule has 0 spiro atoms. The Bertz CT molecular complexity index is 1010. The molecule has 2 aromatic rings. The van der Waals surface area contributed by atoms with Crippen LogP contribution in [0.4, 0.5) is 13.2 Å². The Morgan fingerprint density at radius 2 is 1.97 bits per heavy atom. The standard InChI is InChI=1S/C21H25BrF3N3O2/c1-20(2,3)17-11-18(28(27(17)4)12-14-6-5-9-30-14)26-19(29)15-10-13(21(23,24)25)7-8-16(15)22/h7-8,10-11,14H,5-6,9,12H2,1-4H3/t14-/m1/s1. The van der Waals surface area contributed by atoms with Gasteiger partial charge in [-0.2, -0.15) is 18.2 Å². The highest BCUT2D eigenvalue weighted by Gasteiger charge is 2.31. The van der Waals surface area contributed by atoms with Crippen molar-refractivity contribution in [3.8, 4) is 0 Å². The maximum absolute atomic E-state index is 13.1. The van der Waals surface area contributed by atoms with Crippen LogP contribution in [-0.4, -0.2) is 28.0 Å². The van der Waals surface area contributed by atoms with Crippen LogP contribution in [-0.2, 0) is 29.9 Å². The Balaban J connectivity index is 2.08. The maximum Gasteiger partial charge on any atom is 0.416 e. The lowest BCUT2D eigenvalue weighted by molar-refractivity contribution is -0.137. The molecule has 1 saturated heterocycles. The fraction of sp³-hybridized carbons (Fsp3) is 0.524. The second kappa shape index (κ2) is 8.34. The molecule has 0 bridgehead atoms. The number of aromatic nitrogens is 2. The van der Waals surface area contributed by atoms with Crippen molar-refractivity contribution in [3.05, 3.63) is 51.0 Å². The van der Waals surface area contributed by atoms with Gasteiger partial charge in [0, 0.05) is 35.3 Å². The summed E-state index contributed by atoms with van der Waals surface area (Å²) in [6.07, 6.45) is -2.64. The minimum atomic E-state index is -4.54. The molecular formula is C21H25BrF3N3O2. The number of alkyl halides is 3. The van der Waals surface area contributed by atoms with Crippen LogP contribution in [0.5, 0.6) is 0 Å². The van der Waals surface area contributed by atoms with E-state index in [0.717, 1.165) is 30.7 Å². The molecule has 2 heterocycles. The van der Waals surface area contributed by atoms with Crippen molar-refractivity contribution in [1.29, 1.82) is 0 Å². The third-order valence-corrected chi connectivity index (χ3v) is 5.84. The smallest absolute Gasteiger partial charge is 0.376 e. The van der Waals surface area contributed by atoms with E-state index in [0.29, 0.717) is 18.6 Å². The van der Waals surface area contributed by atoms with Crippen LogP contribution in [0.3, 0.4) is 0 Å². The largest absolute Gasteiger partial charge is 0.416 e. The van der Waals surface area contributed by atoms with Gasteiger partial charge in [-0.25, -0.2) is 0 Å². The molecule has 0 unspecified atom stereocenters. The first kappa shape index (κ1) is 22.8. The fourth-order valence-electron chi connectivity index (χ4n) is 3.59. The molecule has 5 nitrogen and oxygen atoms in total. The zero-order valence-corrected chi connectivity index (χ0v) is 19.0. The zero-order valence-electron chi connectivity index (χ0n) is 17.4. The Kier molecular flexibility index (Phi) is 6.34. The number of nitrogens with zero attached hydrogens (tertiary/aromatic N) is 3. The first-order chi connectivity index (χ1) is 13.9. The van der Waals surface area contributed by atoms with Crippen LogP contribution < -0.4 is 5.49 Å². The first-order valence-electron chi connectivity index (χ1n) is 9.72. The van der Waals surface area contributed by atoms with E-state index in [1.165, 1.54) is 6.07 Å². The first-order valence-corrected chi connectivity index (χ1v) is 10.5. The van der Waals surface area contributed by atoms with Gasteiger partial charge in [-0.05, 0) is 47.0 Å². The van der Waals surface area contributed by atoms with Gasteiger partial charge < -0.3 is 4.74 Å². The summed E-state index contributed by atoms with van der Waals surface area (Å²) in [5.41, 5.74) is 0.123. The van der Waals surface area contributed by atoms with Gasteiger partial charge in [-0.1, -0.05) is 20.8 Å². The van der Waals surface area contributed by atoms with E-state index in [9.17, 15) is 18.0 Å². The number of rotatable bonds is 3. The molecule has 0 aliphatic carbocycles. The summed E-state index contributed by atoms with van der Waals surface area (Å²) in [5.74, 6) is -0.736. The molecule has 9 heteroatoms. The lowest BCUT2D eigenvalue weighted by atomic mass is 9.92. The van der Waals surface area contributed by atoms with Gasteiger partial charge in [0.05, 0.1) is 23.8 Å². The van der Waals surface area contributed by atoms with Crippen molar-refractivity contribution < 1.29 is 22.7 Å². The van der Waals surface area contributed by atoms with Gasteiger partial charge in [0.2, 0.25) is 0 Å². The second-order valence-electron chi connectivity index (χ2n) is 8.49. The van der Waals surface area contributed by atoms with Crippen LogP contribution in [0.15, 0.2) is 33.7 Å². The molecule has 1 aromatic carbocycles. The highest BCUT2D eigenvalue weighted by molar-refractivity contribution is 9.10. The number of benzene rings is 1. The summed E-state index contributed by atoms with van der Waals surface area (Å²) < 4.78 is 49.1. The number of halogens is 4. The Labute approximate surface area is 181 Å².